The highest BCUT2D eigenvalue weighted by Crippen LogP contribution is 2.29. The summed E-state index contributed by atoms with van der Waals surface area (Å²) < 4.78 is 7.43. The average Bonchev–Trinajstić information content (AvgIpc) is 3.26. The summed E-state index contributed by atoms with van der Waals surface area (Å²) in [6.45, 7) is 8.23. The summed E-state index contributed by atoms with van der Waals surface area (Å²) in [6, 6.07) is 7.76. The first-order valence-electron chi connectivity index (χ1n) is 9.00. The summed E-state index contributed by atoms with van der Waals surface area (Å²) in [4.78, 5) is 6.60. The van der Waals surface area contributed by atoms with Gasteiger partial charge in [-0.2, -0.15) is 4.98 Å². The van der Waals surface area contributed by atoms with Crippen molar-refractivity contribution in [3.63, 3.8) is 0 Å². The lowest BCUT2D eigenvalue weighted by Gasteiger charge is -2.20. The molecule has 1 aromatic carbocycles. The molecule has 0 saturated carbocycles. The van der Waals surface area contributed by atoms with Crippen LogP contribution < -0.4 is 0 Å². The summed E-state index contributed by atoms with van der Waals surface area (Å²) in [5, 5.41) is 14.4. The smallest absolute Gasteiger partial charge is 0.232 e. The number of nitrogens with zero attached hydrogens (tertiary/aromatic N) is 6. The van der Waals surface area contributed by atoms with E-state index in [0.29, 0.717) is 22.5 Å². The van der Waals surface area contributed by atoms with Crippen LogP contribution in [0.3, 0.4) is 0 Å². The maximum atomic E-state index is 6.07. The van der Waals surface area contributed by atoms with Gasteiger partial charge in [-0.3, -0.25) is 9.47 Å². The van der Waals surface area contributed by atoms with Crippen molar-refractivity contribution in [3.8, 4) is 5.69 Å². The largest absolute Gasteiger partial charge is 0.339 e. The molecule has 7 nitrogen and oxygen atoms in total. The van der Waals surface area contributed by atoms with Gasteiger partial charge >= 0.3 is 0 Å². The van der Waals surface area contributed by atoms with Gasteiger partial charge in [0.05, 0.1) is 11.8 Å². The Bertz CT molecular complexity index is 929. The lowest BCUT2D eigenvalue weighted by atomic mass is 9.97. The molecule has 3 rings (SSSR count). The predicted octanol–water partition coefficient (Wildman–Crippen LogP) is 4.52. The molecular weight excluding hydrogens is 396 g/mol. The third-order valence-electron chi connectivity index (χ3n) is 4.33. The topological polar surface area (TPSA) is 72.9 Å². The Morgan fingerprint density at radius 3 is 2.43 bits per heavy atom. The van der Waals surface area contributed by atoms with Crippen LogP contribution in [-0.2, 0) is 11.2 Å². The highest BCUT2D eigenvalue weighted by atomic mass is 35.5. The second-order valence-electron chi connectivity index (χ2n) is 7.85. The van der Waals surface area contributed by atoms with Crippen molar-refractivity contribution >= 4 is 23.4 Å². The van der Waals surface area contributed by atoms with E-state index in [2.05, 4.69) is 36.7 Å². The molecule has 0 spiro atoms. The molecule has 2 heterocycles. The van der Waals surface area contributed by atoms with Crippen LogP contribution >= 0.6 is 23.4 Å². The van der Waals surface area contributed by atoms with Crippen LogP contribution in [0.2, 0.25) is 5.02 Å². The minimum absolute atomic E-state index is 0.0928. The Labute approximate surface area is 174 Å². The van der Waals surface area contributed by atoms with Gasteiger partial charge in [0.25, 0.3) is 0 Å². The van der Waals surface area contributed by atoms with Crippen LogP contribution in [0.4, 0.5) is 0 Å². The molecule has 0 amide bonds. The molecule has 0 aliphatic carbocycles. The van der Waals surface area contributed by atoms with Crippen LogP contribution in [0.1, 0.15) is 51.3 Å². The zero-order chi connectivity index (χ0) is 20.5. The highest BCUT2D eigenvalue weighted by molar-refractivity contribution is 7.98. The molecule has 0 aliphatic heterocycles. The number of thioether (sulfide) groups is 1. The minimum Gasteiger partial charge on any atom is -0.339 e. The Balaban J connectivity index is 1.90. The second kappa shape index (κ2) is 8.23. The summed E-state index contributed by atoms with van der Waals surface area (Å²) in [5.74, 6) is 2.67. The SMILES string of the molecule is C[C@H](c1nnc(SCc2noc(C(C)(C)C)n2)n1-c1ccc(Cl)cc1)N(C)C. The van der Waals surface area contributed by atoms with Gasteiger partial charge in [-0.05, 0) is 45.3 Å². The zero-order valence-electron chi connectivity index (χ0n) is 17.0. The Morgan fingerprint density at radius 1 is 1.18 bits per heavy atom. The molecule has 2 aromatic heterocycles. The van der Waals surface area contributed by atoms with Gasteiger partial charge < -0.3 is 4.52 Å². The molecule has 0 unspecified atom stereocenters. The first-order valence-corrected chi connectivity index (χ1v) is 10.4. The maximum absolute atomic E-state index is 6.07. The van der Waals surface area contributed by atoms with E-state index in [1.807, 2.05) is 59.1 Å². The molecular formula is C19H25ClN6OS. The van der Waals surface area contributed by atoms with Crippen molar-refractivity contribution in [2.24, 2.45) is 0 Å². The van der Waals surface area contributed by atoms with Gasteiger partial charge in [0.2, 0.25) is 5.89 Å². The van der Waals surface area contributed by atoms with Crippen LogP contribution in [0.5, 0.6) is 0 Å². The van der Waals surface area contributed by atoms with Crippen molar-refractivity contribution in [1.29, 1.82) is 0 Å². The van der Waals surface area contributed by atoms with Gasteiger partial charge in [0.1, 0.15) is 0 Å². The van der Waals surface area contributed by atoms with E-state index in [1.165, 1.54) is 11.8 Å². The Hall–Kier alpha value is -1.90. The monoisotopic (exact) mass is 420 g/mol. The fourth-order valence-electron chi connectivity index (χ4n) is 2.46. The summed E-state index contributed by atoms with van der Waals surface area (Å²) in [5.41, 5.74) is 0.789. The maximum Gasteiger partial charge on any atom is 0.232 e. The molecule has 9 heteroatoms. The van der Waals surface area contributed by atoms with E-state index in [-0.39, 0.29) is 11.5 Å². The third-order valence-corrected chi connectivity index (χ3v) is 5.51. The number of aromatic nitrogens is 5. The van der Waals surface area contributed by atoms with E-state index in [9.17, 15) is 0 Å². The van der Waals surface area contributed by atoms with E-state index >= 15 is 0 Å². The standard InChI is InChI=1S/C19H25ClN6OS/c1-12(25(5)6)16-22-23-18(26(16)14-9-7-13(20)8-10-14)28-11-15-21-17(27-24-15)19(2,3)4/h7-10,12H,11H2,1-6H3/t12-/m1/s1. The van der Waals surface area contributed by atoms with Crippen LogP contribution in [-0.4, -0.2) is 43.9 Å². The number of hydrogen-bond acceptors (Lipinski definition) is 7. The Morgan fingerprint density at radius 2 is 1.86 bits per heavy atom. The normalized spacial score (nSPS) is 13.3. The Kier molecular flexibility index (Phi) is 6.12. The lowest BCUT2D eigenvalue weighted by Crippen LogP contribution is -2.20. The molecule has 150 valence electrons. The van der Waals surface area contributed by atoms with Gasteiger partial charge in [-0.25, -0.2) is 0 Å². The molecule has 0 fully saturated rings. The molecule has 3 aromatic rings. The fourth-order valence-corrected chi connectivity index (χ4v) is 3.38. The molecule has 28 heavy (non-hydrogen) atoms. The average molecular weight is 421 g/mol. The molecule has 0 saturated heterocycles. The van der Waals surface area contributed by atoms with Crippen molar-refractivity contribution in [2.75, 3.05) is 14.1 Å². The number of rotatable bonds is 6. The predicted molar refractivity (Wildman–Crippen MR) is 111 cm³/mol. The van der Waals surface area contributed by atoms with Crippen molar-refractivity contribution in [2.45, 2.75) is 50.1 Å². The molecule has 0 radical (unpaired) electrons. The number of halogens is 1. The van der Waals surface area contributed by atoms with E-state index in [1.54, 1.807) is 0 Å². The molecule has 1 atom stereocenters. The molecule has 0 N–H and O–H groups in total. The van der Waals surface area contributed by atoms with Crippen molar-refractivity contribution in [3.05, 3.63) is 46.8 Å². The molecule has 0 aliphatic rings. The minimum atomic E-state index is -0.173. The van der Waals surface area contributed by atoms with Gasteiger partial charge in [0, 0.05) is 16.1 Å². The first-order chi connectivity index (χ1) is 13.2. The zero-order valence-corrected chi connectivity index (χ0v) is 18.5. The highest BCUT2D eigenvalue weighted by Gasteiger charge is 2.24. The van der Waals surface area contributed by atoms with Crippen LogP contribution in [0.15, 0.2) is 33.9 Å². The van der Waals surface area contributed by atoms with E-state index in [0.717, 1.165) is 16.7 Å². The first kappa shape index (κ1) is 20.8. The quantitative estimate of drug-likeness (QED) is 0.543. The second-order valence-corrected chi connectivity index (χ2v) is 9.23. The summed E-state index contributed by atoms with van der Waals surface area (Å²) in [6.07, 6.45) is 0. The summed E-state index contributed by atoms with van der Waals surface area (Å²) >= 11 is 7.59. The number of benzene rings is 1. The third kappa shape index (κ3) is 4.56. The van der Waals surface area contributed by atoms with E-state index < -0.39 is 0 Å². The molecule has 0 bridgehead atoms. The van der Waals surface area contributed by atoms with Crippen LogP contribution in [0.25, 0.3) is 5.69 Å². The van der Waals surface area contributed by atoms with Gasteiger partial charge in [0.15, 0.2) is 16.8 Å². The van der Waals surface area contributed by atoms with Gasteiger partial charge in [-0.15, -0.1) is 10.2 Å². The summed E-state index contributed by atoms with van der Waals surface area (Å²) in [7, 11) is 4.04. The lowest BCUT2D eigenvalue weighted by molar-refractivity contribution is 0.305. The van der Waals surface area contributed by atoms with E-state index in [4.69, 9.17) is 16.1 Å². The van der Waals surface area contributed by atoms with Crippen molar-refractivity contribution < 1.29 is 4.52 Å². The number of hydrogen-bond donors (Lipinski definition) is 0. The van der Waals surface area contributed by atoms with Gasteiger partial charge in [-0.1, -0.05) is 49.3 Å². The fraction of sp³-hybridized carbons (Fsp3) is 0.474. The van der Waals surface area contributed by atoms with Crippen molar-refractivity contribution in [1.82, 2.24) is 29.8 Å². The van der Waals surface area contributed by atoms with Crippen LogP contribution in [0, 0.1) is 0 Å².